The van der Waals surface area contributed by atoms with Crippen molar-refractivity contribution >= 4 is 110 Å². The third-order valence-corrected chi connectivity index (χ3v) is 5.83. The van der Waals surface area contributed by atoms with E-state index >= 15 is 0 Å². The molecule has 14 radical (unpaired) electrons. The molecule has 0 fully saturated rings. The van der Waals surface area contributed by atoms with Gasteiger partial charge in [-0.15, -0.1) is 16.4 Å². The maximum absolute atomic E-state index is 12.8. The molecule has 0 aliphatic rings. The summed E-state index contributed by atoms with van der Waals surface area (Å²) in [4.78, 5) is 25.7. The highest BCUT2D eigenvalue weighted by Crippen LogP contribution is 2.24. The lowest BCUT2D eigenvalue weighted by Crippen LogP contribution is -2.56. The van der Waals surface area contributed by atoms with Crippen molar-refractivity contribution in [1.29, 1.82) is 0 Å². The SMILES string of the molecule is [B]/C(C(=O)Nc1ncc2ccc(-c3cnc(C)n3C)cc2n1)=C(/[B])c1c([B])c([B])c([B])c([B])c1[B]. The van der Waals surface area contributed by atoms with Gasteiger partial charge in [0.25, 0.3) is 0 Å². The smallest absolute Gasteiger partial charge is 0.243 e. The first-order chi connectivity index (χ1) is 16.5. The van der Waals surface area contributed by atoms with Crippen LogP contribution in [-0.2, 0) is 11.8 Å². The fourth-order valence-corrected chi connectivity index (χ4v) is 3.58. The van der Waals surface area contributed by atoms with Crippen LogP contribution < -0.4 is 32.6 Å². The molecule has 1 amide bonds. The van der Waals surface area contributed by atoms with Crippen molar-refractivity contribution in [3.63, 3.8) is 0 Å². The molecule has 0 unspecified atom stereocenters. The van der Waals surface area contributed by atoms with Gasteiger partial charge in [0, 0.05) is 24.2 Å². The molecule has 0 saturated carbocycles. The van der Waals surface area contributed by atoms with E-state index in [9.17, 15) is 4.79 Å². The number of carbonyl (C=O) groups excluding carboxylic acids is 1. The van der Waals surface area contributed by atoms with Gasteiger partial charge in [-0.1, -0.05) is 28.5 Å². The van der Waals surface area contributed by atoms with Crippen LogP contribution in [-0.4, -0.2) is 80.4 Å². The summed E-state index contributed by atoms with van der Waals surface area (Å²) in [6, 6.07) is 5.70. The van der Waals surface area contributed by atoms with Crippen molar-refractivity contribution in [2.45, 2.75) is 6.92 Å². The summed E-state index contributed by atoms with van der Waals surface area (Å²) < 4.78 is 1.97. The van der Waals surface area contributed by atoms with Gasteiger partial charge in [-0.25, -0.2) is 15.0 Å². The number of imidazole rings is 1. The summed E-state index contributed by atoms with van der Waals surface area (Å²) in [5, 5.41) is 3.31. The van der Waals surface area contributed by atoms with E-state index in [-0.39, 0.29) is 49.8 Å². The summed E-state index contributed by atoms with van der Waals surface area (Å²) in [7, 11) is 43.6. The number of fused-ring (bicyclic) bond motifs is 1. The maximum atomic E-state index is 12.8. The number of nitrogens with one attached hydrogen (secondary N) is 1. The summed E-state index contributed by atoms with van der Waals surface area (Å²) in [6.07, 6.45) is 3.36. The second-order valence-corrected chi connectivity index (χ2v) is 7.94. The molecule has 0 aliphatic heterocycles. The molecule has 4 aromatic rings. The molecule has 0 bridgehead atoms. The molecule has 0 spiro atoms. The quantitative estimate of drug-likeness (QED) is 0.272. The number of anilines is 1. The van der Waals surface area contributed by atoms with Gasteiger partial charge in [0.2, 0.25) is 11.9 Å². The standard InChI is InChI=1S/C22H12B7N5O/c1-8-30-7-12(34(8)2)9-3-4-10-6-31-22(32-11(10)5-9)33-21(35)20(29)16(25)13-14(23)17(26)19(28)18(27)15(13)24/h3-7H,1-2H3,(H,31,32,33,35)/b20-16+. The normalized spacial score (nSPS) is 11.9. The van der Waals surface area contributed by atoms with E-state index in [4.69, 9.17) is 54.9 Å². The van der Waals surface area contributed by atoms with Crippen LogP contribution in [0.3, 0.4) is 0 Å². The van der Waals surface area contributed by atoms with Crippen LogP contribution in [0, 0.1) is 6.92 Å². The zero-order chi connectivity index (χ0) is 25.6. The van der Waals surface area contributed by atoms with Crippen LogP contribution >= 0.6 is 0 Å². The Morgan fingerprint density at radius 1 is 0.914 bits per heavy atom. The van der Waals surface area contributed by atoms with Gasteiger partial charge in [-0.2, -0.15) is 0 Å². The molecule has 35 heavy (non-hydrogen) atoms. The number of amides is 1. The molecule has 1 N–H and O–H groups in total. The Morgan fingerprint density at radius 3 is 2.14 bits per heavy atom. The fourth-order valence-electron chi connectivity index (χ4n) is 3.58. The molecular weight excluding hydrogens is 426 g/mol. The predicted molar refractivity (Wildman–Crippen MR) is 147 cm³/mol. The number of rotatable bonds is 4. The lowest BCUT2D eigenvalue weighted by atomic mass is 9.57. The number of aromatic nitrogens is 4. The van der Waals surface area contributed by atoms with Crippen molar-refractivity contribution in [3.05, 3.63) is 47.5 Å². The minimum absolute atomic E-state index is 0.0138. The summed E-state index contributed by atoms with van der Waals surface area (Å²) in [5.41, 5.74) is 1.78. The number of aryl methyl sites for hydroxylation is 1. The number of hydrogen-bond acceptors (Lipinski definition) is 4. The zero-order valence-corrected chi connectivity index (χ0v) is 19.1. The van der Waals surface area contributed by atoms with Gasteiger partial charge in [-0.05, 0) is 24.0 Å². The van der Waals surface area contributed by atoms with Crippen LogP contribution in [0.15, 0.2) is 36.1 Å². The van der Waals surface area contributed by atoms with Crippen LogP contribution in [0.2, 0.25) is 0 Å². The first-order valence-electron chi connectivity index (χ1n) is 10.3. The Bertz CT molecular complexity index is 1520. The highest BCUT2D eigenvalue weighted by molar-refractivity contribution is 6.70. The fraction of sp³-hybridized carbons (Fsp3) is 0.0909. The predicted octanol–water partition coefficient (Wildman–Crippen LogP) is -3.05. The van der Waals surface area contributed by atoms with E-state index in [1.807, 2.05) is 36.7 Å². The first-order valence-corrected chi connectivity index (χ1v) is 10.3. The lowest BCUT2D eigenvalue weighted by molar-refractivity contribution is -0.112. The van der Waals surface area contributed by atoms with Crippen molar-refractivity contribution in [2.24, 2.45) is 7.05 Å². The van der Waals surface area contributed by atoms with Gasteiger partial charge < -0.3 is 4.57 Å². The first kappa shape index (κ1) is 24.8. The number of nitrogens with zero attached hydrogens (tertiary/aromatic N) is 4. The van der Waals surface area contributed by atoms with Crippen LogP contribution in [0.1, 0.15) is 11.4 Å². The Kier molecular flexibility index (Phi) is 6.63. The second-order valence-electron chi connectivity index (χ2n) is 7.94. The van der Waals surface area contributed by atoms with Crippen LogP contribution in [0.5, 0.6) is 0 Å². The summed E-state index contributed by atoms with van der Waals surface area (Å²) >= 11 is 0. The molecule has 2 aromatic carbocycles. The number of carbonyl (C=O) groups is 1. The Morgan fingerprint density at radius 2 is 1.54 bits per heavy atom. The second kappa shape index (κ2) is 9.36. The van der Waals surface area contributed by atoms with Crippen molar-refractivity contribution in [1.82, 2.24) is 19.5 Å². The molecule has 152 valence electrons. The van der Waals surface area contributed by atoms with E-state index in [1.54, 1.807) is 12.4 Å². The summed E-state index contributed by atoms with van der Waals surface area (Å²) in [5.74, 6) is 0.128. The van der Waals surface area contributed by atoms with Crippen molar-refractivity contribution in [2.75, 3.05) is 5.32 Å². The Labute approximate surface area is 212 Å². The van der Waals surface area contributed by atoms with E-state index in [0.717, 1.165) is 22.5 Å². The summed E-state index contributed by atoms with van der Waals surface area (Å²) in [6.45, 7) is 1.91. The average Bonchev–Trinajstić information content (AvgIpc) is 3.18. The van der Waals surface area contributed by atoms with Gasteiger partial charge >= 0.3 is 0 Å². The highest BCUT2D eigenvalue weighted by atomic mass is 16.1. The van der Waals surface area contributed by atoms with Gasteiger partial charge in [-0.3, -0.25) is 10.1 Å². The van der Waals surface area contributed by atoms with Crippen molar-refractivity contribution in [3.8, 4) is 11.3 Å². The van der Waals surface area contributed by atoms with Crippen molar-refractivity contribution < 1.29 is 4.79 Å². The molecule has 13 heteroatoms. The molecule has 0 aliphatic carbocycles. The Hall–Kier alpha value is -3.35. The van der Waals surface area contributed by atoms with E-state index < -0.39 is 5.91 Å². The zero-order valence-electron chi connectivity index (χ0n) is 19.1. The molecule has 0 saturated heterocycles. The molecule has 2 aromatic heterocycles. The third-order valence-electron chi connectivity index (χ3n) is 5.83. The number of benzene rings is 2. The molecule has 2 heterocycles. The lowest BCUT2D eigenvalue weighted by Gasteiger charge is -2.23. The molecule has 4 rings (SSSR count). The molecule has 6 nitrogen and oxygen atoms in total. The average molecular weight is 438 g/mol. The highest BCUT2D eigenvalue weighted by Gasteiger charge is 2.16. The van der Waals surface area contributed by atoms with Gasteiger partial charge in [0.15, 0.2) is 0 Å². The van der Waals surface area contributed by atoms with E-state index in [0.29, 0.717) is 5.52 Å². The number of hydrogen-bond donors (Lipinski definition) is 1. The van der Waals surface area contributed by atoms with Crippen LogP contribution in [0.25, 0.3) is 27.6 Å². The molecule has 0 atom stereocenters. The largest absolute Gasteiger partial charge is 0.331 e. The van der Waals surface area contributed by atoms with Gasteiger partial charge in [0.05, 0.1) is 17.4 Å². The van der Waals surface area contributed by atoms with Gasteiger partial charge in [0.1, 0.15) is 60.7 Å². The Balaban J connectivity index is 1.68. The van der Waals surface area contributed by atoms with Crippen LogP contribution in [0.4, 0.5) is 5.95 Å². The minimum atomic E-state index is -0.770. The third kappa shape index (κ3) is 4.40. The maximum Gasteiger partial charge on any atom is 0.243 e. The molecular formula is C22H12B7N5O. The minimum Gasteiger partial charge on any atom is -0.331 e. The van der Waals surface area contributed by atoms with E-state index in [1.165, 1.54) is 0 Å². The van der Waals surface area contributed by atoms with E-state index in [2.05, 4.69) is 20.3 Å². The monoisotopic (exact) mass is 439 g/mol. The topological polar surface area (TPSA) is 72.7 Å².